The topological polar surface area (TPSA) is 57.1 Å². The first-order chi connectivity index (χ1) is 15.4. The summed E-state index contributed by atoms with van der Waals surface area (Å²) in [7, 11) is 1.48. The summed E-state index contributed by atoms with van der Waals surface area (Å²) in [5, 5.41) is 0.274. The molecule has 0 N–H and O–H groups in total. The van der Waals surface area contributed by atoms with Crippen LogP contribution in [0.1, 0.15) is 16.7 Å². The molecule has 1 aliphatic heterocycles. The summed E-state index contributed by atoms with van der Waals surface area (Å²) in [6.07, 6.45) is 1.55. The minimum atomic E-state index is -0.565. The quantitative estimate of drug-likeness (QED) is 0.290. The number of hydrogen-bond donors (Lipinski definition) is 0. The number of halogens is 3. The Labute approximate surface area is 197 Å². The Hall–Kier alpha value is -3.16. The Morgan fingerprint density at radius 2 is 1.94 bits per heavy atom. The molecule has 4 rings (SSSR count). The van der Waals surface area contributed by atoms with E-state index in [0.29, 0.717) is 28.2 Å². The van der Waals surface area contributed by atoms with E-state index in [1.807, 2.05) is 12.1 Å². The lowest BCUT2D eigenvalue weighted by molar-refractivity contribution is -0.129. The first kappa shape index (κ1) is 22.0. The number of rotatable bonds is 6. The standard InChI is InChI=1S/C24H16BrClFNO4/c1-30-21-12-15(10-19(26)22(21)31-13-14-3-2-4-18(27)9-14)11-20-24(29)32-23(28-20)16-5-7-17(25)8-6-16/h2-12H,13H2,1H3/b20-11-. The van der Waals surface area contributed by atoms with Crippen molar-refractivity contribution in [1.82, 2.24) is 0 Å². The largest absolute Gasteiger partial charge is 0.493 e. The van der Waals surface area contributed by atoms with Crippen molar-refractivity contribution in [3.8, 4) is 11.5 Å². The summed E-state index contributed by atoms with van der Waals surface area (Å²) >= 11 is 9.77. The average Bonchev–Trinajstić information content (AvgIpc) is 3.13. The van der Waals surface area contributed by atoms with Crippen molar-refractivity contribution >= 4 is 45.5 Å². The summed E-state index contributed by atoms with van der Waals surface area (Å²) in [6.45, 7) is 0.113. The number of aliphatic imine (C=N–C) groups is 1. The first-order valence-electron chi connectivity index (χ1n) is 9.46. The summed E-state index contributed by atoms with van der Waals surface area (Å²) in [4.78, 5) is 16.6. The van der Waals surface area contributed by atoms with Crippen LogP contribution in [0.5, 0.6) is 11.5 Å². The van der Waals surface area contributed by atoms with Crippen LogP contribution in [0.4, 0.5) is 4.39 Å². The lowest BCUT2D eigenvalue weighted by atomic mass is 10.1. The van der Waals surface area contributed by atoms with E-state index in [2.05, 4.69) is 20.9 Å². The van der Waals surface area contributed by atoms with Crippen molar-refractivity contribution in [3.63, 3.8) is 0 Å². The van der Waals surface area contributed by atoms with E-state index in [1.54, 1.807) is 42.5 Å². The summed E-state index contributed by atoms with van der Waals surface area (Å²) in [5.41, 5.74) is 2.05. The predicted octanol–water partition coefficient (Wildman–Crippen LogP) is 6.17. The molecule has 162 valence electrons. The van der Waals surface area contributed by atoms with Crippen molar-refractivity contribution in [3.05, 3.63) is 98.4 Å². The van der Waals surface area contributed by atoms with E-state index in [9.17, 15) is 9.18 Å². The number of carbonyl (C=O) groups is 1. The predicted molar refractivity (Wildman–Crippen MR) is 123 cm³/mol. The van der Waals surface area contributed by atoms with Crippen molar-refractivity contribution < 1.29 is 23.4 Å². The zero-order chi connectivity index (χ0) is 22.7. The molecule has 0 saturated heterocycles. The second-order valence-corrected chi connectivity index (χ2v) is 8.12. The van der Waals surface area contributed by atoms with Gasteiger partial charge >= 0.3 is 5.97 Å². The summed E-state index contributed by atoms with van der Waals surface area (Å²) < 4.78 is 30.7. The monoisotopic (exact) mass is 515 g/mol. The van der Waals surface area contributed by atoms with E-state index < -0.39 is 5.97 Å². The van der Waals surface area contributed by atoms with Crippen molar-refractivity contribution in [2.24, 2.45) is 4.99 Å². The third-order valence-electron chi connectivity index (χ3n) is 4.54. The number of benzene rings is 3. The van der Waals surface area contributed by atoms with E-state index in [1.165, 1.54) is 19.2 Å². The van der Waals surface area contributed by atoms with Crippen LogP contribution >= 0.6 is 27.5 Å². The smallest absolute Gasteiger partial charge is 0.363 e. The van der Waals surface area contributed by atoms with E-state index in [4.69, 9.17) is 25.8 Å². The highest BCUT2D eigenvalue weighted by molar-refractivity contribution is 9.10. The van der Waals surface area contributed by atoms with Gasteiger partial charge in [0.1, 0.15) is 12.4 Å². The third kappa shape index (κ3) is 5.00. The van der Waals surface area contributed by atoms with E-state index in [-0.39, 0.29) is 29.0 Å². The molecule has 0 aromatic heterocycles. The molecule has 8 heteroatoms. The molecule has 0 atom stereocenters. The number of methoxy groups -OCH3 is 1. The van der Waals surface area contributed by atoms with Gasteiger partial charge in [0, 0.05) is 10.0 Å². The molecule has 1 heterocycles. The fourth-order valence-electron chi connectivity index (χ4n) is 3.03. The average molecular weight is 517 g/mol. The first-order valence-corrected chi connectivity index (χ1v) is 10.6. The molecule has 1 aliphatic rings. The van der Waals surface area contributed by atoms with Crippen LogP contribution in [-0.2, 0) is 16.1 Å². The summed E-state index contributed by atoms with van der Waals surface area (Å²) in [5.74, 6) is -0.0122. The lowest BCUT2D eigenvalue weighted by Crippen LogP contribution is -2.05. The Morgan fingerprint density at radius 3 is 2.66 bits per heavy atom. The van der Waals surface area contributed by atoms with Crippen molar-refractivity contribution in [2.75, 3.05) is 7.11 Å². The molecule has 0 radical (unpaired) electrons. The zero-order valence-electron chi connectivity index (χ0n) is 16.8. The number of cyclic esters (lactones) is 1. The van der Waals surface area contributed by atoms with Gasteiger partial charge in [0.05, 0.1) is 12.1 Å². The van der Waals surface area contributed by atoms with Gasteiger partial charge in [-0.3, -0.25) is 0 Å². The molecule has 3 aromatic carbocycles. The molecule has 0 aliphatic carbocycles. The fourth-order valence-corrected chi connectivity index (χ4v) is 3.57. The van der Waals surface area contributed by atoms with Crippen molar-refractivity contribution in [1.29, 1.82) is 0 Å². The number of nitrogens with zero attached hydrogens (tertiary/aromatic N) is 1. The van der Waals surface area contributed by atoms with Crippen LogP contribution in [0, 0.1) is 5.82 Å². The molecule has 0 amide bonds. The highest BCUT2D eigenvalue weighted by Crippen LogP contribution is 2.38. The Kier molecular flexibility index (Phi) is 6.58. The number of carbonyl (C=O) groups excluding carboxylic acids is 1. The number of hydrogen-bond acceptors (Lipinski definition) is 5. The Morgan fingerprint density at radius 1 is 1.16 bits per heavy atom. The molecule has 5 nitrogen and oxygen atoms in total. The molecule has 32 heavy (non-hydrogen) atoms. The fraction of sp³-hybridized carbons (Fsp3) is 0.0833. The van der Waals surface area contributed by atoms with Gasteiger partial charge in [0.2, 0.25) is 5.90 Å². The molecule has 0 fully saturated rings. The van der Waals surface area contributed by atoms with Gasteiger partial charge in [-0.2, -0.15) is 0 Å². The van der Waals surface area contributed by atoms with Gasteiger partial charge in [-0.1, -0.05) is 39.7 Å². The number of ether oxygens (including phenoxy) is 3. The maximum Gasteiger partial charge on any atom is 0.363 e. The third-order valence-corrected chi connectivity index (χ3v) is 5.35. The molecule has 0 spiro atoms. The molecule has 0 unspecified atom stereocenters. The Balaban J connectivity index is 1.59. The van der Waals surface area contributed by atoms with Crippen LogP contribution in [0.2, 0.25) is 5.02 Å². The van der Waals surface area contributed by atoms with Gasteiger partial charge in [0.15, 0.2) is 17.2 Å². The number of esters is 1. The lowest BCUT2D eigenvalue weighted by Gasteiger charge is -2.13. The van der Waals surface area contributed by atoms with Gasteiger partial charge in [-0.15, -0.1) is 0 Å². The van der Waals surface area contributed by atoms with E-state index in [0.717, 1.165) is 4.47 Å². The molecular weight excluding hydrogens is 501 g/mol. The second kappa shape index (κ2) is 9.54. The van der Waals surface area contributed by atoms with Crippen LogP contribution < -0.4 is 9.47 Å². The van der Waals surface area contributed by atoms with Crippen molar-refractivity contribution in [2.45, 2.75) is 6.61 Å². The second-order valence-electron chi connectivity index (χ2n) is 6.80. The van der Waals surface area contributed by atoms with Gasteiger partial charge in [-0.05, 0) is 65.7 Å². The summed E-state index contributed by atoms with van der Waals surface area (Å²) in [6, 6.07) is 16.6. The van der Waals surface area contributed by atoms with Crippen LogP contribution in [0.3, 0.4) is 0 Å². The van der Waals surface area contributed by atoms with Gasteiger partial charge < -0.3 is 14.2 Å². The molecule has 0 bridgehead atoms. The maximum atomic E-state index is 13.4. The highest BCUT2D eigenvalue weighted by atomic mass is 79.9. The molecule has 3 aromatic rings. The van der Waals surface area contributed by atoms with Gasteiger partial charge in [-0.25, -0.2) is 14.2 Å². The minimum Gasteiger partial charge on any atom is -0.493 e. The molecule has 0 saturated carbocycles. The normalized spacial score (nSPS) is 14.3. The minimum absolute atomic E-state index is 0.113. The van der Waals surface area contributed by atoms with Crippen LogP contribution in [0.15, 0.2) is 75.8 Å². The SMILES string of the molecule is COc1cc(/C=C2\N=C(c3ccc(Br)cc3)OC2=O)cc(Cl)c1OCc1cccc(F)c1. The highest BCUT2D eigenvalue weighted by Gasteiger charge is 2.24. The maximum absolute atomic E-state index is 13.4. The Bertz CT molecular complexity index is 1240. The van der Waals surface area contributed by atoms with Crippen LogP contribution in [0.25, 0.3) is 6.08 Å². The van der Waals surface area contributed by atoms with Crippen LogP contribution in [-0.4, -0.2) is 19.0 Å². The zero-order valence-corrected chi connectivity index (χ0v) is 19.1. The van der Waals surface area contributed by atoms with Gasteiger partial charge in [0.25, 0.3) is 0 Å². The molecular formula is C24H16BrClFNO4. The van der Waals surface area contributed by atoms with E-state index >= 15 is 0 Å².